The van der Waals surface area contributed by atoms with Crippen molar-refractivity contribution in [2.45, 2.75) is 71.3 Å². The average molecular weight is 440 g/mol. The molecule has 7 nitrogen and oxygen atoms in total. The van der Waals surface area contributed by atoms with Gasteiger partial charge in [-0.25, -0.2) is 4.79 Å². The zero-order valence-electron chi connectivity index (χ0n) is 18.3. The van der Waals surface area contributed by atoms with E-state index in [1.54, 1.807) is 32.9 Å². The Bertz CT molecular complexity index is 837. The summed E-state index contributed by atoms with van der Waals surface area (Å²) < 4.78 is 6.24. The summed E-state index contributed by atoms with van der Waals surface area (Å²) in [6.07, 6.45) is -0.583. The number of Topliss-reactive ketones (excluding diaryl/α,β-unsaturated/α-hetero) is 1. The zero-order chi connectivity index (χ0) is 22.8. The third-order valence-corrected chi connectivity index (χ3v) is 9.72. The maximum Gasteiger partial charge on any atom is 0.408 e. The molecule has 9 heteroatoms. The molecule has 0 radical (unpaired) electrons. The first-order chi connectivity index (χ1) is 13.0. The summed E-state index contributed by atoms with van der Waals surface area (Å²) in [7, 11) is -2.14. The fourth-order valence-electron chi connectivity index (χ4n) is 2.55. The van der Waals surface area contributed by atoms with Crippen molar-refractivity contribution in [2.24, 2.45) is 0 Å². The predicted octanol–water partition coefficient (Wildman–Crippen LogP) is 5.41. The number of hydrogen-bond acceptors (Lipinski definition) is 3. The number of halogens is 1. The van der Waals surface area contributed by atoms with Crippen LogP contribution in [-0.4, -0.2) is 46.7 Å². The number of hydrogen-bond donors (Lipinski definition) is 1. The largest absolute Gasteiger partial charge is 0.543 e. The van der Waals surface area contributed by atoms with Gasteiger partial charge in [-0.05, 0) is 56.6 Å². The van der Waals surface area contributed by atoms with Crippen LogP contribution in [0.2, 0.25) is 23.2 Å². The van der Waals surface area contributed by atoms with Crippen molar-refractivity contribution in [1.82, 2.24) is 4.90 Å². The van der Waals surface area contributed by atoms with Crippen molar-refractivity contribution in [3.05, 3.63) is 34.3 Å². The Labute approximate surface area is 178 Å². The number of benzene rings is 1. The van der Waals surface area contributed by atoms with Gasteiger partial charge < -0.3 is 15.1 Å². The lowest BCUT2D eigenvalue weighted by molar-refractivity contribution is -0.122. The van der Waals surface area contributed by atoms with Crippen molar-refractivity contribution >= 4 is 38.0 Å². The van der Waals surface area contributed by atoms with E-state index in [-0.39, 0.29) is 10.1 Å². The van der Waals surface area contributed by atoms with Gasteiger partial charge in [0.25, 0.3) is 14.1 Å². The SMILES string of the molecule is CC(C)(C)N(C(=O)O)[C@H](C(=O)C=[N+]=[N-])c1ccc(O[Si](C)(C)C(C)(C)C)c(Cl)c1. The Balaban J connectivity index is 3.49. The number of amides is 1. The lowest BCUT2D eigenvalue weighted by atomic mass is 9.95. The first-order valence-corrected chi connectivity index (χ1v) is 12.5. The number of carboxylic acid groups (broad SMARTS) is 1. The van der Waals surface area contributed by atoms with Crippen LogP contribution < -0.4 is 4.43 Å². The molecule has 0 aromatic heterocycles. The molecular formula is C20H30ClN3O4Si. The standard InChI is InChI=1S/C20H30ClN3O4Si/c1-19(2,3)24(18(26)27)17(15(25)12-23-22)13-9-10-16(14(21)11-13)28-29(7,8)20(4,5)6/h9-12,17H,1-8H3,(H,26,27)/t17-/m0/s1. The summed E-state index contributed by atoms with van der Waals surface area (Å²) >= 11 is 6.45. The predicted molar refractivity (Wildman–Crippen MR) is 116 cm³/mol. The van der Waals surface area contributed by atoms with Gasteiger partial charge in [0.15, 0.2) is 0 Å². The van der Waals surface area contributed by atoms with E-state index >= 15 is 0 Å². The van der Waals surface area contributed by atoms with Gasteiger partial charge in [-0.1, -0.05) is 38.4 Å². The van der Waals surface area contributed by atoms with Gasteiger partial charge in [-0.2, -0.15) is 4.79 Å². The van der Waals surface area contributed by atoms with Gasteiger partial charge in [0.2, 0.25) is 0 Å². The van der Waals surface area contributed by atoms with Gasteiger partial charge >= 0.3 is 12.3 Å². The molecule has 0 heterocycles. The fourth-order valence-corrected chi connectivity index (χ4v) is 3.88. The third-order valence-electron chi connectivity index (χ3n) is 5.08. The van der Waals surface area contributed by atoms with Gasteiger partial charge in [-0.15, -0.1) is 0 Å². The van der Waals surface area contributed by atoms with Gasteiger partial charge in [0, 0.05) is 5.54 Å². The van der Waals surface area contributed by atoms with E-state index in [9.17, 15) is 14.7 Å². The van der Waals surface area contributed by atoms with Crippen molar-refractivity contribution in [3.8, 4) is 5.75 Å². The Morgan fingerprint density at radius 2 is 1.79 bits per heavy atom. The second kappa shape index (κ2) is 8.69. The molecule has 1 rings (SSSR count). The second-order valence-corrected chi connectivity index (χ2v) is 14.6. The number of carbonyl (C=O) groups excluding carboxylic acids is 1. The zero-order valence-corrected chi connectivity index (χ0v) is 20.0. The van der Waals surface area contributed by atoms with Crippen molar-refractivity contribution in [1.29, 1.82) is 0 Å². The monoisotopic (exact) mass is 439 g/mol. The van der Waals surface area contributed by atoms with E-state index in [2.05, 4.69) is 38.7 Å². The van der Waals surface area contributed by atoms with Crippen molar-refractivity contribution in [2.75, 3.05) is 0 Å². The molecule has 1 amide bonds. The maximum atomic E-state index is 12.6. The molecule has 0 saturated heterocycles. The Hall–Kier alpha value is -2.15. The molecule has 0 fully saturated rings. The summed E-state index contributed by atoms with van der Waals surface area (Å²) in [5, 5.41) is 9.99. The highest BCUT2D eigenvalue weighted by molar-refractivity contribution is 6.74. The first kappa shape index (κ1) is 24.9. The fraction of sp³-hybridized carbons (Fsp3) is 0.550. The highest BCUT2D eigenvalue weighted by Gasteiger charge is 2.41. The Morgan fingerprint density at radius 1 is 1.24 bits per heavy atom. The highest BCUT2D eigenvalue weighted by Crippen LogP contribution is 2.40. The van der Waals surface area contributed by atoms with E-state index in [1.807, 2.05) is 0 Å². The molecule has 1 aromatic rings. The van der Waals surface area contributed by atoms with Gasteiger partial charge in [0.05, 0.1) is 5.02 Å². The van der Waals surface area contributed by atoms with Crippen LogP contribution in [0.1, 0.15) is 53.1 Å². The van der Waals surface area contributed by atoms with Crippen LogP contribution in [-0.2, 0) is 4.79 Å². The third kappa shape index (κ3) is 5.92. The van der Waals surface area contributed by atoms with Crippen LogP contribution in [0.5, 0.6) is 5.75 Å². The summed E-state index contributed by atoms with van der Waals surface area (Å²) in [6.45, 7) is 15.5. The summed E-state index contributed by atoms with van der Waals surface area (Å²) in [6, 6.07) is 3.57. The smallest absolute Gasteiger partial charge is 0.408 e. The number of ketones is 1. The molecule has 160 valence electrons. The normalized spacial score (nSPS) is 13.3. The van der Waals surface area contributed by atoms with Crippen molar-refractivity contribution < 1.29 is 23.9 Å². The van der Waals surface area contributed by atoms with E-state index < -0.39 is 31.8 Å². The van der Waals surface area contributed by atoms with Crippen LogP contribution >= 0.6 is 11.6 Å². The molecule has 0 spiro atoms. The summed E-state index contributed by atoms with van der Waals surface area (Å²) in [5.74, 6) is -0.194. The average Bonchev–Trinajstić information content (AvgIpc) is 2.51. The topological polar surface area (TPSA) is 103 Å². The molecule has 0 saturated carbocycles. The van der Waals surface area contributed by atoms with E-state index in [0.717, 1.165) is 4.90 Å². The molecule has 0 aliphatic rings. The minimum atomic E-state index is -2.14. The molecule has 1 N–H and O–H groups in total. The molecule has 0 aliphatic carbocycles. The van der Waals surface area contributed by atoms with Gasteiger partial charge in [-0.3, -0.25) is 9.69 Å². The van der Waals surface area contributed by atoms with E-state index in [4.69, 9.17) is 21.6 Å². The Morgan fingerprint density at radius 3 is 2.17 bits per heavy atom. The molecule has 29 heavy (non-hydrogen) atoms. The molecule has 1 atom stereocenters. The maximum absolute atomic E-state index is 12.6. The highest BCUT2D eigenvalue weighted by atomic mass is 35.5. The molecular weight excluding hydrogens is 410 g/mol. The van der Waals surface area contributed by atoms with E-state index in [0.29, 0.717) is 17.5 Å². The van der Waals surface area contributed by atoms with Crippen LogP contribution in [0.3, 0.4) is 0 Å². The van der Waals surface area contributed by atoms with E-state index in [1.165, 1.54) is 6.07 Å². The first-order valence-electron chi connectivity index (χ1n) is 9.25. The summed E-state index contributed by atoms with van der Waals surface area (Å²) in [4.78, 5) is 28.3. The number of carbonyl (C=O) groups is 2. The van der Waals surface area contributed by atoms with Gasteiger partial charge in [0.1, 0.15) is 11.8 Å². The molecule has 0 aliphatic heterocycles. The molecule has 0 unspecified atom stereocenters. The number of nitrogens with zero attached hydrogens (tertiary/aromatic N) is 3. The van der Waals surface area contributed by atoms with Crippen molar-refractivity contribution in [3.63, 3.8) is 0 Å². The van der Waals surface area contributed by atoms with Crippen LogP contribution in [0.15, 0.2) is 18.2 Å². The van der Waals surface area contributed by atoms with Crippen LogP contribution in [0.4, 0.5) is 4.79 Å². The second-order valence-electron chi connectivity index (χ2n) is 9.43. The minimum absolute atomic E-state index is 0.0303. The molecule has 0 bridgehead atoms. The Kier molecular flexibility index (Phi) is 7.46. The number of rotatable bonds is 6. The molecule has 1 aromatic carbocycles. The van der Waals surface area contributed by atoms with Crippen LogP contribution in [0.25, 0.3) is 5.53 Å². The minimum Gasteiger partial charge on any atom is -0.543 e. The van der Waals surface area contributed by atoms with Crippen LogP contribution in [0, 0.1) is 0 Å². The lowest BCUT2D eigenvalue weighted by Crippen LogP contribution is -2.49. The summed E-state index contributed by atoms with van der Waals surface area (Å²) in [5.41, 5.74) is 8.27. The lowest BCUT2D eigenvalue weighted by Gasteiger charge is -2.38. The quantitative estimate of drug-likeness (QED) is 0.277.